The summed E-state index contributed by atoms with van der Waals surface area (Å²) in [6, 6.07) is 14.2. The lowest BCUT2D eigenvalue weighted by Gasteiger charge is -1.92. The molecule has 0 atom stereocenters. The van der Waals surface area contributed by atoms with Gasteiger partial charge in [0, 0.05) is 10.8 Å². The predicted molar refractivity (Wildman–Crippen MR) is 75.3 cm³/mol. The Labute approximate surface area is 109 Å². The number of rotatable bonds is 1. The molecule has 3 rings (SSSR count). The van der Waals surface area contributed by atoms with Crippen molar-refractivity contribution in [2.24, 2.45) is 4.99 Å². The number of hydrogen-bond donors (Lipinski definition) is 0. The van der Waals surface area contributed by atoms with E-state index in [4.69, 9.17) is 0 Å². The van der Waals surface area contributed by atoms with Crippen molar-refractivity contribution in [3.63, 3.8) is 0 Å². The van der Waals surface area contributed by atoms with Gasteiger partial charge in [0.2, 0.25) is 10.9 Å². The summed E-state index contributed by atoms with van der Waals surface area (Å²) in [5, 5.41) is 0.891. The van der Waals surface area contributed by atoms with Crippen LogP contribution < -0.4 is 16.2 Å². The van der Waals surface area contributed by atoms with Crippen molar-refractivity contribution in [1.82, 2.24) is 0 Å². The predicted octanol–water partition coefficient (Wildman–Crippen LogP) is 1.98. The molecule has 0 saturated carbocycles. The minimum absolute atomic E-state index is 0.00468. The summed E-state index contributed by atoms with van der Waals surface area (Å²) >= 11 is 0. The molecular weight excluding hydrogens is 238 g/mol. The molecule has 3 nitrogen and oxygen atoms in total. The molecule has 3 aromatic rings. The van der Waals surface area contributed by atoms with Crippen molar-refractivity contribution in [3.05, 3.63) is 79.9 Å². The molecule has 19 heavy (non-hydrogen) atoms. The lowest BCUT2D eigenvalue weighted by atomic mass is 10.2. The molecule has 0 aliphatic carbocycles. The molecule has 0 heterocycles. The zero-order valence-electron chi connectivity index (χ0n) is 10.4. The second-order valence-electron chi connectivity index (χ2n) is 4.50. The second kappa shape index (κ2) is 4.28. The van der Waals surface area contributed by atoms with Crippen LogP contribution in [0, 0.1) is 6.92 Å². The first-order valence-corrected chi connectivity index (χ1v) is 6.00. The van der Waals surface area contributed by atoms with Gasteiger partial charge >= 0.3 is 0 Å². The highest BCUT2D eigenvalue weighted by Gasteiger charge is 2.09. The third-order valence-corrected chi connectivity index (χ3v) is 3.12. The van der Waals surface area contributed by atoms with Gasteiger partial charge in [0.05, 0.1) is 5.69 Å². The van der Waals surface area contributed by atoms with Gasteiger partial charge in [0.15, 0.2) is 5.36 Å². The maximum atomic E-state index is 12.1. The molecule has 0 aliphatic rings. The molecule has 3 aromatic carbocycles. The monoisotopic (exact) mass is 249 g/mol. The van der Waals surface area contributed by atoms with E-state index >= 15 is 0 Å². The Morgan fingerprint density at radius 1 is 0.789 bits per heavy atom. The molecule has 0 radical (unpaired) electrons. The minimum atomic E-state index is -0.291. The van der Waals surface area contributed by atoms with Crippen LogP contribution in [0.2, 0.25) is 0 Å². The van der Waals surface area contributed by atoms with E-state index in [1.165, 1.54) is 0 Å². The summed E-state index contributed by atoms with van der Waals surface area (Å²) in [7, 11) is 0. The first kappa shape index (κ1) is 11.5. The summed E-state index contributed by atoms with van der Waals surface area (Å²) in [6.07, 6.45) is 0. The van der Waals surface area contributed by atoms with Crippen LogP contribution in [-0.4, -0.2) is 0 Å². The Hall–Kier alpha value is -2.55. The highest BCUT2D eigenvalue weighted by atomic mass is 16.1. The largest absolute Gasteiger partial charge is 0.287 e. The first-order chi connectivity index (χ1) is 9.16. The van der Waals surface area contributed by atoms with Crippen LogP contribution >= 0.6 is 0 Å². The van der Waals surface area contributed by atoms with Crippen LogP contribution in [0.15, 0.2) is 63.1 Å². The molecule has 92 valence electrons. The number of aryl methyl sites for hydroxylation is 1. The lowest BCUT2D eigenvalue weighted by molar-refractivity contribution is 1.30. The Balaban J connectivity index is 2.34. The number of fused-ring (bicyclic) bond motifs is 1. The van der Waals surface area contributed by atoms with Crippen molar-refractivity contribution >= 4 is 16.5 Å². The molecule has 0 aromatic heterocycles. The van der Waals surface area contributed by atoms with Crippen molar-refractivity contribution in [1.29, 1.82) is 0 Å². The maximum absolute atomic E-state index is 12.1. The van der Waals surface area contributed by atoms with E-state index in [0.29, 0.717) is 16.5 Å². The third-order valence-electron chi connectivity index (χ3n) is 3.12. The van der Waals surface area contributed by atoms with Gasteiger partial charge in [0.25, 0.3) is 0 Å². The lowest BCUT2D eigenvalue weighted by Crippen LogP contribution is -2.31. The molecule has 0 saturated heterocycles. The Morgan fingerprint density at radius 3 is 1.84 bits per heavy atom. The zero-order valence-corrected chi connectivity index (χ0v) is 10.4. The van der Waals surface area contributed by atoms with Crippen LogP contribution in [0.25, 0.3) is 10.8 Å². The molecule has 0 bridgehead atoms. The van der Waals surface area contributed by atoms with Gasteiger partial charge < -0.3 is 0 Å². The molecule has 3 heteroatoms. The van der Waals surface area contributed by atoms with E-state index in [1.807, 2.05) is 19.1 Å². The zero-order chi connectivity index (χ0) is 13.4. The second-order valence-corrected chi connectivity index (χ2v) is 4.50. The van der Waals surface area contributed by atoms with Crippen LogP contribution in [0.4, 0.5) is 5.69 Å². The van der Waals surface area contributed by atoms with E-state index in [9.17, 15) is 9.59 Å². The highest BCUT2D eigenvalue weighted by molar-refractivity contribution is 5.83. The molecule has 0 amide bonds. The van der Waals surface area contributed by atoms with Gasteiger partial charge in [-0.2, -0.15) is 0 Å². The fraction of sp³-hybridized carbons (Fsp3) is 0.0625. The van der Waals surface area contributed by atoms with E-state index in [0.717, 1.165) is 5.56 Å². The van der Waals surface area contributed by atoms with Crippen molar-refractivity contribution in [3.8, 4) is 0 Å². The van der Waals surface area contributed by atoms with Gasteiger partial charge in [-0.15, -0.1) is 0 Å². The Morgan fingerprint density at radius 2 is 1.32 bits per heavy atom. The quantitative estimate of drug-likeness (QED) is 0.662. The summed E-state index contributed by atoms with van der Waals surface area (Å²) in [4.78, 5) is 28.4. The van der Waals surface area contributed by atoms with Crippen LogP contribution in [0.3, 0.4) is 0 Å². The van der Waals surface area contributed by atoms with E-state index < -0.39 is 0 Å². The molecule has 0 spiro atoms. The van der Waals surface area contributed by atoms with E-state index in [-0.39, 0.29) is 16.2 Å². The number of hydrogen-bond acceptors (Lipinski definition) is 3. The Bertz CT molecular complexity index is 849. The maximum Gasteiger partial charge on any atom is 0.216 e. The van der Waals surface area contributed by atoms with Gasteiger partial charge in [-0.25, -0.2) is 4.99 Å². The average molecular weight is 249 g/mol. The molecule has 0 aliphatic heterocycles. The summed E-state index contributed by atoms with van der Waals surface area (Å²) in [6.45, 7) is 1.97. The van der Waals surface area contributed by atoms with Crippen LogP contribution in [-0.2, 0) is 0 Å². The van der Waals surface area contributed by atoms with Gasteiger partial charge in [0.1, 0.15) is 0 Å². The van der Waals surface area contributed by atoms with Gasteiger partial charge in [-0.1, -0.05) is 42.0 Å². The highest BCUT2D eigenvalue weighted by Crippen LogP contribution is 2.11. The fourth-order valence-corrected chi connectivity index (χ4v) is 2.09. The van der Waals surface area contributed by atoms with Crippen LogP contribution in [0.5, 0.6) is 0 Å². The van der Waals surface area contributed by atoms with Crippen molar-refractivity contribution < 1.29 is 0 Å². The molecule has 0 unspecified atom stereocenters. The number of benzene rings is 2. The average Bonchev–Trinajstić information content (AvgIpc) is 2.67. The summed E-state index contributed by atoms with van der Waals surface area (Å²) in [5.41, 5.74) is 1.15. The van der Waals surface area contributed by atoms with Crippen molar-refractivity contribution in [2.75, 3.05) is 0 Å². The van der Waals surface area contributed by atoms with E-state index in [1.54, 1.807) is 36.4 Å². The minimum Gasteiger partial charge on any atom is -0.287 e. The van der Waals surface area contributed by atoms with Crippen LogP contribution in [0.1, 0.15) is 5.56 Å². The summed E-state index contributed by atoms with van der Waals surface area (Å²) in [5.74, 6) is 0. The fourth-order valence-electron chi connectivity index (χ4n) is 2.09. The number of nitrogens with zero attached hydrogens (tertiary/aromatic N) is 1. The molecular formula is C16H11NO2. The smallest absolute Gasteiger partial charge is 0.216 e. The van der Waals surface area contributed by atoms with Gasteiger partial charge in [-0.3, -0.25) is 9.59 Å². The molecule has 0 fully saturated rings. The summed E-state index contributed by atoms with van der Waals surface area (Å²) < 4.78 is 0. The standard InChI is InChI=1S/C16H11NO2/c1-10-6-8-11(9-7-10)17-14-15(18)12-4-2-3-5-13(12)16(14)19/h2-9H,1H3. The topological polar surface area (TPSA) is 46.5 Å². The third kappa shape index (κ3) is 1.89. The first-order valence-electron chi connectivity index (χ1n) is 6.00. The molecule has 0 N–H and O–H groups in total. The van der Waals surface area contributed by atoms with Gasteiger partial charge in [-0.05, 0) is 19.1 Å². The van der Waals surface area contributed by atoms with Crippen molar-refractivity contribution in [2.45, 2.75) is 6.92 Å². The van der Waals surface area contributed by atoms with E-state index in [2.05, 4.69) is 4.99 Å². The Kier molecular flexibility index (Phi) is 2.60. The normalized spacial score (nSPS) is 10.8. The SMILES string of the molecule is Cc1ccc(N=c2c(=O)c3ccccc3c2=O)cc1.